The maximum Gasteiger partial charge on any atom is 0.238 e. The van der Waals surface area contributed by atoms with Gasteiger partial charge in [-0.3, -0.25) is 9.59 Å². The summed E-state index contributed by atoms with van der Waals surface area (Å²) in [6, 6.07) is 16.5. The highest BCUT2D eigenvalue weighted by Gasteiger charge is 2.09. The molecule has 0 aliphatic heterocycles. The first kappa shape index (κ1) is 17.7. The normalized spacial score (nSPS) is 9.83. The fourth-order valence-corrected chi connectivity index (χ4v) is 2.35. The van der Waals surface area contributed by atoms with Crippen molar-refractivity contribution in [2.45, 2.75) is 19.3 Å². The fourth-order valence-electron chi connectivity index (χ4n) is 2.09. The Labute approximate surface area is 148 Å². The second kappa shape index (κ2) is 8.85. The molecule has 122 valence electrons. The molecular formula is C18H16BrN3O2. The molecule has 0 fully saturated rings. The van der Waals surface area contributed by atoms with Crippen LogP contribution in [-0.4, -0.2) is 11.8 Å². The summed E-state index contributed by atoms with van der Waals surface area (Å²) >= 11 is 3.37. The van der Waals surface area contributed by atoms with Crippen LogP contribution in [0.2, 0.25) is 0 Å². The van der Waals surface area contributed by atoms with Gasteiger partial charge < -0.3 is 10.6 Å². The van der Waals surface area contributed by atoms with Crippen molar-refractivity contribution in [3.8, 4) is 6.07 Å². The summed E-state index contributed by atoms with van der Waals surface area (Å²) in [5, 5.41) is 14.0. The minimum absolute atomic E-state index is 0.139. The van der Waals surface area contributed by atoms with Crippen molar-refractivity contribution in [2.24, 2.45) is 0 Å². The fraction of sp³-hybridized carbons (Fsp3) is 0.167. The standard InChI is InChI=1S/C18H16BrN3O2/c19-14-8-5-13(6-9-14)7-10-17(23)21-15-3-1-2-4-16(15)22-18(24)11-12-20/h1-6,8-9H,7,10-11H2,(H,21,23)(H,22,24). The second-order valence-corrected chi connectivity index (χ2v) is 6.02. The molecule has 0 bridgehead atoms. The Kier molecular flexibility index (Phi) is 6.52. The van der Waals surface area contributed by atoms with Crippen LogP contribution < -0.4 is 10.6 Å². The third-order valence-electron chi connectivity index (χ3n) is 3.27. The lowest BCUT2D eigenvalue weighted by Crippen LogP contribution is -2.16. The number of nitrogens with zero attached hydrogens (tertiary/aromatic N) is 1. The van der Waals surface area contributed by atoms with E-state index in [4.69, 9.17) is 5.26 Å². The number of nitriles is 1. The van der Waals surface area contributed by atoms with E-state index in [1.807, 2.05) is 24.3 Å². The van der Waals surface area contributed by atoms with Crippen molar-refractivity contribution in [1.29, 1.82) is 5.26 Å². The topological polar surface area (TPSA) is 82.0 Å². The van der Waals surface area contributed by atoms with E-state index < -0.39 is 5.91 Å². The van der Waals surface area contributed by atoms with Crippen LogP contribution in [0.25, 0.3) is 0 Å². The summed E-state index contributed by atoms with van der Waals surface area (Å²) in [5.41, 5.74) is 2.07. The number of hydrogen-bond donors (Lipinski definition) is 2. The van der Waals surface area contributed by atoms with E-state index in [1.54, 1.807) is 30.3 Å². The van der Waals surface area contributed by atoms with Gasteiger partial charge in [0.05, 0.1) is 17.4 Å². The van der Waals surface area contributed by atoms with E-state index in [0.29, 0.717) is 24.2 Å². The molecule has 2 amide bonds. The van der Waals surface area contributed by atoms with Crippen LogP contribution in [0.4, 0.5) is 11.4 Å². The Morgan fingerprint density at radius 2 is 1.54 bits per heavy atom. The van der Waals surface area contributed by atoms with Gasteiger partial charge >= 0.3 is 0 Å². The van der Waals surface area contributed by atoms with E-state index in [2.05, 4.69) is 26.6 Å². The molecule has 0 aliphatic rings. The summed E-state index contributed by atoms with van der Waals surface area (Å²) < 4.78 is 0.998. The van der Waals surface area contributed by atoms with Crippen molar-refractivity contribution >= 4 is 39.1 Å². The minimum Gasteiger partial charge on any atom is -0.324 e. The first-order valence-electron chi connectivity index (χ1n) is 7.38. The molecule has 0 atom stereocenters. The number of hydrogen-bond acceptors (Lipinski definition) is 3. The Bertz CT molecular complexity index is 767. The van der Waals surface area contributed by atoms with Crippen LogP contribution in [-0.2, 0) is 16.0 Å². The molecule has 0 radical (unpaired) electrons. The molecule has 0 saturated carbocycles. The predicted molar refractivity (Wildman–Crippen MR) is 96.4 cm³/mol. The highest BCUT2D eigenvalue weighted by atomic mass is 79.9. The smallest absolute Gasteiger partial charge is 0.238 e. The van der Waals surface area contributed by atoms with E-state index in [9.17, 15) is 9.59 Å². The minimum atomic E-state index is -0.408. The maximum atomic E-state index is 12.1. The van der Waals surface area contributed by atoms with Gasteiger partial charge in [-0.15, -0.1) is 0 Å². The number of halogens is 1. The molecule has 0 heterocycles. The molecule has 6 heteroatoms. The average Bonchev–Trinajstić information content (AvgIpc) is 2.56. The van der Waals surface area contributed by atoms with Crippen molar-refractivity contribution in [1.82, 2.24) is 0 Å². The molecule has 24 heavy (non-hydrogen) atoms. The summed E-state index contributed by atoms with van der Waals surface area (Å²) in [6.45, 7) is 0. The number of amides is 2. The van der Waals surface area contributed by atoms with Crippen LogP contribution in [0.15, 0.2) is 53.0 Å². The Morgan fingerprint density at radius 1 is 0.958 bits per heavy atom. The lowest BCUT2D eigenvalue weighted by molar-refractivity contribution is -0.116. The van der Waals surface area contributed by atoms with E-state index >= 15 is 0 Å². The van der Waals surface area contributed by atoms with Crippen molar-refractivity contribution in [3.05, 3.63) is 58.6 Å². The third kappa shape index (κ3) is 5.52. The van der Waals surface area contributed by atoms with Crippen LogP contribution >= 0.6 is 15.9 Å². The third-order valence-corrected chi connectivity index (χ3v) is 3.80. The SMILES string of the molecule is N#CCC(=O)Nc1ccccc1NC(=O)CCc1ccc(Br)cc1. The van der Waals surface area contributed by atoms with Crippen LogP contribution in [0, 0.1) is 11.3 Å². The number of carbonyl (C=O) groups is 2. The monoisotopic (exact) mass is 385 g/mol. The van der Waals surface area contributed by atoms with Crippen LogP contribution in [0.5, 0.6) is 0 Å². The number of carbonyl (C=O) groups excluding carboxylic acids is 2. The average molecular weight is 386 g/mol. The lowest BCUT2D eigenvalue weighted by Gasteiger charge is -2.11. The molecular weight excluding hydrogens is 370 g/mol. The van der Waals surface area contributed by atoms with Gasteiger partial charge in [0.2, 0.25) is 11.8 Å². The van der Waals surface area contributed by atoms with Gasteiger partial charge in [-0.1, -0.05) is 40.2 Å². The van der Waals surface area contributed by atoms with E-state index in [-0.39, 0.29) is 12.3 Å². The molecule has 2 rings (SSSR count). The Balaban J connectivity index is 1.95. The molecule has 2 aromatic rings. The van der Waals surface area contributed by atoms with Gasteiger partial charge in [0, 0.05) is 10.9 Å². The van der Waals surface area contributed by atoms with Crippen molar-refractivity contribution in [3.63, 3.8) is 0 Å². The molecule has 5 nitrogen and oxygen atoms in total. The molecule has 0 aliphatic carbocycles. The number of anilines is 2. The zero-order chi connectivity index (χ0) is 17.4. The first-order valence-corrected chi connectivity index (χ1v) is 8.18. The maximum absolute atomic E-state index is 12.1. The summed E-state index contributed by atoms with van der Waals surface area (Å²) in [5.74, 6) is -0.547. The van der Waals surface area contributed by atoms with Gasteiger partial charge in [-0.25, -0.2) is 0 Å². The Morgan fingerprint density at radius 3 is 2.12 bits per heavy atom. The van der Waals surface area contributed by atoms with Crippen molar-refractivity contribution in [2.75, 3.05) is 10.6 Å². The molecule has 2 aromatic carbocycles. The Hall–Kier alpha value is -2.65. The van der Waals surface area contributed by atoms with Gasteiger partial charge in [-0.05, 0) is 36.2 Å². The van der Waals surface area contributed by atoms with E-state index in [0.717, 1.165) is 10.0 Å². The number of benzene rings is 2. The van der Waals surface area contributed by atoms with Crippen LogP contribution in [0.3, 0.4) is 0 Å². The summed E-state index contributed by atoms with van der Waals surface area (Å²) in [4.78, 5) is 23.7. The molecule has 0 unspecified atom stereocenters. The number of nitrogens with one attached hydrogen (secondary N) is 2. The van der Waals surface area contributed by atoms with E-state index in [1.165, 1.54) is 0 Å². The second-order valence-electron chi connectivity index (χ2n) is 5.10. The summed E-state index contributed by atoms with van der Waals surface area (Å²) in [6.07, 6.45) is 0.732. The predicted octanol–water partition coefficient (Wildman–Crippen LogP) is 3.87. The largest absolute Gasteiger partial charge is 0.324 e. The first-order chi connectivity index (χ1) is 11.6. The van der Waals surface area contributed by atoms with Crippen LogP contribution in [0.1, 0.15) is 18.4 Å². The van der Waals surface area contributed by atoms with Gasteiger partial charge in [0.1, 0.15) is 6.42 Å². The highest BCUT2D eigenvalue weighted by Crippen LogP contribution is 2.21. The van der Waals surface area contributed by atoms with Gasteiger partial charge in [-0.2, -0.15) is 5.26 Å². The van der Waals surface area contributed by atoms with Gasteiger partial charge in [0.15, 0.2) is 0 Å². The molecule has 2 N–H and O–H groups in total. The quantitative estimate of drug-likeness (QED) is 0.791. The molecule has 0 spiro atoms. The summed E-state index contributed by atoms with van der Waals surface area (Å²) in [7, 11) is 0. The zero-order valence-corrected chi connectivity index (χ0v) is 14.5. The number of rotatable bonds is 6. The lowest BCUT2D eigenvalue weighted by atomic mass is 10.1. The van der Waals surface area contributed by atoms with Gasteiger partial charge in [0.25, 0.3) is 0 Å². The highest BCUT2D eigenvalue weighted by molar-refractivity contribution is 9.10. The number of para-hydroxylation sites is 2. The molecule has 0 saturated heterocycles. The van der Waals surface area contributed by atoms with Crippen molar-refractivity contribution < 1.29 is 9.59 Å². The molecule has 0 aromatic heterocycles. The number of aryl methyl sites for hydroxylation is 1. The zero-order valence-electron chi connectivity index (χ0n) is 12.9.